The van der Waals surface area contributed by atoms with Crippen LogP contribution in [0.15, 0.2) is 72.3 Å². The second kappa shape index (κ2) is 15.1. The number of hydrogen-bond acceptors (Lipinski definition) is 8. The third-order valence-electron chi connectivity index (χ3n) is 11.5. The number of aryl methyl sites for hydroxylation is 1. The van der Waals surface area contributed by atoms with E-state index in [2.05, 4.69) is 30.0 Å². The van der Waals surface area contributed by atoms with Gasteiger partial charge in [0.1, 0.15) is 29.0 Å². The average molecular weight is 703 g/mol. The van der Waals surface area contributed by atoms with Crippen LogP contribution in [0.25, 0.3) is 0 Å². The van der Waals surface area contributed by atoms with E-state index in [4.69, 9.17) is 9.47 Å². The molecule has 8 bridgehead atoms. The number of rotatable bonds is 4. The van der Waals surface area contributed by atoms with Crippen molar-refractivity contribution >= 4 is 17.7 Å². The minimum Gasteiger partial charge on any atom is -0.508 e. The molecule has 0 aromatic heterocycles. The zero-order valence-corrected chi connectivity index (χ0v) is 29.6. The van der Waals surface area contributed by atoms with Gasteiger partial charge < -0.3 is 24.8 Å². The number of ether oxygens (including phenoxy) is 2. The highest BCUT2D eigenvalue weighted by atomic mass is 16.6. The van der Waals surface area contributed by atoms with E-state index >= 15 is 0 Å². The molecule has 6 atom stereocenters. The van der Waals surface area contributed by atoms with E-state index in [0.29, 0.717) is 73.6 Å². The number of aliphatic hydroxyl groups is 2. The summed E-state index contributed by atoms with van der Waals surface area (Å²) in [5.74, 6) is 4.35. The van der Waals surface area contributed by atoms with Crippen molar-refractivity contribution in [2.75, 3.05) is 0 Å². The Bertz CT molecular complexity index is 1970. The summed E-state index contributed by atoms with van der Waals surface area (Å²) in [4.78, 5) is 40.7. The molecule has 0 spiro atoms. The molecule has 8 nitrogen and oxygen atoms in total. The van der Waals surface area contributed by atoms with Gasteiger partial charge in [0.2, 0.25) is 0 Å². The van der Waals surface area contributed by atoms with Gasteiger partial charge in [0.25, 0.3) is 0 Å². The maximum Gasteiger partial charge on any atom is 0.334 e. The van der Waals surface area contributed by atoms with Crippen LogP contribution >= 0.6 is 0 Å². The van der Waals surface area contributed by atoms with Crippen molar-refractivity contribution in [3.63, 3.8) is 0 Å². The number of phenolic OH excluding ortho intramolecular Hbond substituents is 1. The second-order valence-corrected chi connectivity index (χ2v) is 15.0. The highest BCUT2D eigenvalue weighted by molar-refractivity contribution is 5.89. The number of aliphatic hydroxyl groups excluding tert-OH is 1. The van der Waals surface area contributed by atoms with Crippen molar-refractivity contribution in [1.82, 2.24) is 0 Å². The van der Waals surface area contributed by atoms with Gasteiger partial charge in [0.05, 0.1) is 18.9 Å². The molecule has 7 rings (SSSR count). The SMILES string of the molecule is CCC[C@]1(O)[C@H]2CCC(=O)[C@@H](Cc3cccc(c3)CCC=C3C[C@@H](c4cccc(CO)c4)C#C[C@H]4CC(=O)Oc5cc(O)c(cc54)C[C@H]1OC3=O)C2. The van der Waals surface area contributed by atoms with Gasteiger partial charge in [-0.15, -0.1) is 0 Å². The number of allylic oxidation sites excluding steroid dienone is 1. The minimum atomic E-state index is -1.50. The van der Waals surface area contributed by atoms with Gasteiger partial charge in [-0.05, 0) is 84.7 Å². The van der Waals surface area contributed by atoms with Gasteiger partial charge in [-0.1, -0.05) is 79.8 Å². The summed E-state index contributed by atoms with van der Waals surface area (Å²) in [5.41, 5.74) is 3.71. The van der Waals surface area contributed by atoms with Crippen molar-refractivity contribution in [2.45, 2.75) is 108 Å². The van der Waals surface area contributed by atoms with E-state index in [1.54, 1.807) is 6.07 Å². The average Bonchev–Trinajstić information content (AvgIpc) is 3.13. The monoisotopic (exact) mass is 702 g/mol. The molecule has 0 radical (unpaired) electrons. The quantitative estimate of drug-likeness (QED) is 0.159. The fourth-order valence-electron chi connectivity index (χ4n) is 8.69. The zero-order chi connectivity index (χ0) is 36.4. The van der Waals surface area contributed by atoms with E-state index in [9.17, 15) is 29.7 Å². The van der Waals surface area contributed by atoms with Crippen LogP contribution in [0.1, 0.15) is 104 Å². The molecule has 4 aliphatic rings. The molecule has 1 fully saturated rings. The zero-order valence-electron chi connectivity index (χ0n) is 29.6. The number of esters is 2. The molecule has 1 aliphatic carbocycles. The van der Waals surface area contributed by atoms with Gasteiger partial charge in [0, 0.05) is 41.9 Å². The first kappa shape index (κ1) is 35.7. The van der Waals surface area contributed by atoms with Crippen molar-refractivity contribution in [3.05, 3.63) is 106 Å². The maximum atomic E-state index is 14.6. The number of benzene rings is 3. The summed E-state index contributed by atoms with van der Waals surface area (Å²) >= 11 is 0. The number of hydrogen-bond donors (Lipinski definition) is 3. The number of ketones is 1. The van der Waals surface area contributed by atoms with E-state index in [0.717, 1.165) is 16.7 Å². The second-order valence-electron chi connectivity index (χ2n) is 15.0. The van der Waals surface area contributed by atoms with Gasteiger partial charge in [0.15, 0.2) is 0 Å². The number of carbonyl (C=O) groups is 3. The van der Waals surface area contributed by atoms with Crippen LogP contribution in [0.3, 0.4) is 0 Å². The molecule has 3 aromatic rings. The molecule has 0 saturated heterocycles. The predicted molar refractivity (Wildman–Crippen MR) is 194 cm³/mol. The molecule has 3 heterocycles. The van der Waals surface area contributed by atoms with Gasteiger partial charge in [-0.2, -0.15) is 0 Å². The van der Waals surface area contributed by atoms with Crippen LogP contribution < -0.4 is 4.74 Å². The highest BCUT2D eigenvalue weighted by Crippen LogP contribution is 2.45. The van der Waals surface area contributed by atoms with Crippen LogP contribution in [0.2, 0.25) is 0 Å². The van der Waals surface area contributed by atoms with Gasteiger partial charge in [-0.3, -0.25) is 9.59 Å². The van der Waals surface area contributed by atoms with Gasteiger partial charge >= 0.3 is 11.9 Å². The molecule has 270 valence electrons. The molecule has 1 saturated carbocycles. The molecule has 3 aliphatic heterocycles. The number of aromatic hydroxyl groups is 1. The first-order valence-electron chi connectivity index (χ1n) is 18.6. The van der Waals surface area contributed by atoms with Crippen LogP contribution in [-0.4, -0.2) is 44.7 Å². The maximum absolute atomic E-state index is 14.6. The van der Waals surface area contributed by atoms with Gasteiger partial charge in [-0.25, -0.2) is 4.79 Å². The van der Waals surface area contributed by atoms with Crippen molar-refractivity contribution < 1.29 is 39.2 Å². The number of phenols is 1. The lowest BCUT2D eigenvalue weighted by atomic mass is 9.66. The summed E-state index contributed by atoms with van der Waals surface area (Å²) in [6.07, 6.45) is 5.06. The summed E-state index contributed by atoms with van der Waals surface area (Å²) < 4.78 is 12.1. The molecular weight excluding hydrogens is 656 g/mol. The Kier molecular flexibility index (Phi) is 10.4. The molecular formula is C44H46O8. The first-order valence-corrected chi connectivity index (χ1v) is 18.6. The Balaban J connectivity index is 1.42. The van der Waals surface area contributed by atoms with E-state index in [1.165, 1.54) is 6.07 Å². The van der Waals surface area contributed by atoms with Crippen LogP contribution in [0.4, 0.5) is 0 Å². The highest BCUT2D eigenvalue weighted by Gasteiger charge is 2.49. The summed E-state index contributed by atoms with van der Waals surface area (Å²) in [7, 11) is 0. The van der Waals surface area contributed by atoms with Crippen molar-refractivity contribution in [3.8, 4) is 23.3 Å². The number of carbonyl (C=O) groups excluding carboxylic acids is 3. The summed E-state index contributed by atoms with van der Waals surface area (Å²) in [6, 6.07) is 18.9. The van der Waals surface area contributed by atoms with Crippen LogP contribution in [0.5, 0.6) is 11.5 Å². The lowest BCUT2D eigenvalue weighted by Gasteiger charge is -2.45. The van der Waals surface area contributed by atoms with E-state index in [1.807, 2.05) is 43.3 Å². The summed E-state index contributed by atoms with van der Waals surface area (Å²) in [6.45, 7) is 1.83. The Labute approximate surface area is 304 Å². The molecule has 8 heteroatoms. The largest absolute Gasteiger partial charge is 0.508 e. The first-order chi connectivity index (χ1) is 25.1. The normalized spacial score (nSPS) is 27.6. The van der Waals surface area contributed by atoms with E-state index in [-0.39, 0.29) is 55.0 Å². The molecule has 0 amide bonds. The Hall–Kier alpha value is -4.71. The minimum absolute atomic E-state index is 0.0145. The number of Topliss-reactive ketones (excluding diaryl/α,β-unsaturated/α-hetero) is 1. The molecule has 3 N–H and O–H groups in total. The van der Waals surface area contributed by atoms with Crippen molar-refractivity contribution in [2.24, 2.45) is 11.8 Å². The topological polar surface area (TPSA) is 130 Å². The third-order valence-corrected chi connectivity index (χ3v) is 11.5. The van der Waals surface area contributed by atoms with Crippen LogP contribution in [0, 0.1) is 23.7 Å². The Morgan fingerprint density at radius 3 is 2.54 bits per heavy atom. The Morgan fingerprint density at radius 2 is 1.71 bits per heavy atom. The predicted octanol–water partition coefficient (Wildman–Crippen LogP) is 6.55. The molecule has 0 unspecified atom stereocenters. The van der Waals surface area contributed by atoms with Crippen molar-refractivity contribution in [1.29, 1.82) is 0 Å². The Morgan fingerprint density at radius 1 is 0.904 bits per heavy atom. The fraction of sp³-hybridized carbons (Fsp3) is 0.432. The smallest absolute Gasteiger partial charge is 0.334 e. The lowest BCUT2D eigenvalue weighted by molar-refractivity contribution is -0.176. The lowest BCUT2D eigenvalue weighted by Crippen LogP contribution is -2.54. The molecule has 52 heavy (non-hydrogen) atoms. The summed E-state index contributed by atoms with van der Waals surface area (Å²) in [5, 5.41) is 34.2. The fourth-order valence-corrected chi connectivity index (χ4v) is 8.69. The standard InChI is InChI=1S/C44H46O8/c1-2-16-44(50)36-14-15-38(46)34(21-36)18-28-8-3-6-27(17-28)7-4-11-33-20-31(30-10-5-9-29(19-30)26-45)12-13-32-24-42(48)51-40-25-39(47)35(22-37(32)40)23-41(44)52-43(33)49/h3,5-6,8-11,17,19,22,25,31-32,34,36,41,45,47,50H,2,4,7,14-16,18,20-21,23-24,26H2,1H3/t31-,32-,34-,36-,41+,44-/m0/s1. The third kappa shape index (κ3) is 7.44. The number of fused-ring (bicyclic) bond motifs is 8. The van der Waals surface area contributed by atoms with E-state index < -0.39 is 35.5 Å². The van der Waals surface area contributed by atoms with Crippen LogP contribution in [-0.2, 0) is 45.0 Å². The molecule has 3 aromatic carbocycles.